The Hall–Kier alpha value is -0.530. The summed E-state index contributed by atoms with van der Waals surface area (Å²) < 4.78 is 5.06. The van der Waals surface area contributed by atoms with Crippen molar-refractivity contribution >= 4 is 5.97 Å². The third-order valence-corrected chi connectivity index (χ3v) is 3.30. The Balaban J connectivity index is 2.04. The van der Waals surface area contributed by atoms with E-state index in [1.165, 1.54) is 25.7 Å². The van der Waals surface area contributed by atoms with Gasteiger partial charge in [-0.1, -0.05) is 13.3 Å². The quantitative estimate of drug-likeness (QED) is 0.589. The number of hydrogen-bond acceptors (Lipinski definition) is 2. The van der Waals surface area contributed by atoms with Crippen molar-refractivity contribution in [1.82, 2.24) is 0 Å². The molecule has 1 saturated carbocycles. The van der Waals surface area contributed by atoms with Crippen molar-refractivity contribution in [2.24, 2.45) is 17.8 Å². The van der Waals surface area contributed by atoms with Gasteiger partial charge in [0.25, 0.3) is 0 Å². The van der Waals surface area contributed by atoms with E-state index in [4.69, 9.17) is 4.74 Å². The zero-order valence-corrected chi connectivity index (χ0v) is 7.58. The lowest BCUT2D eigenvalue weighted by Gasteiger charge is -2.13. The van der Waals surface area contributed by atoms with Gasteiger partial charge in [0.1, 0.15) is 0 Å². The first-order valence-electron chi connectivity index (χ1n) is 4.99. The van der Waals surface area contributed by atoms with Crippen molar-refractivity contribution in [3.8, 4) is 0 Å². The second kappa shape index (κ2) is 3.08. The Morgan fingerprint density at radius 1 is 1.50 bits per heavy atom. The molecule has 0 amide bonds. The first-order chi connectivity index (χ1) is 5.83. The van der Waals surface area contributed by atoms with Crippen LogP contribution in [0.15, 0.2) is 0 Å². The number of carbonyl (C=O) groups excluding carboxylic acids is 1. The summed E-state index contributed by atoms with van der Waals surface area (Å²) in [5.74, 6) is 1.55. The van der Waals surface area contributed by atoms with E-state index in [0.717, 1.165) is 0 Å². The number of esters is 1. The van der Waals surface area contributed by atoms with Crippen LogP contribution < -0.4 is 0 Å². The Morgan fingerprint density at radius 3 is 3.08 bits per heavy atom. The van der Waals surface area contributed by atoms with E-state index in [-0.39, 0.29) is 11.9 Å². The van der Waals surface area contributed by atoms with E-state index in [0.29, 0.717) is 18.4 Å². The third kappa shape index (κ3) is 1.13. The van der Waals surface area contributed by atoms with Gasteiger partial charge in [0.05, 0.1) is 12.5 Å². The van der Waals surface area contributed by atoms with E-state index in [2.05, 4.69) is 6.92 Å². The number of rotatable bonds is 2. The molecule has 0 bridgehead atoms. The van der Waals surface area contributed by atoms with Gasteiger partial charge in [-0.25, -0.2) is 0 Å². The summed E-state index contributed by atoms with van der Waals surface area (Å²) in [7, 11) is 0. The van der Waals surface area contributed by atoms with E-state index >= 15 is 0 Å². The van der Waals surface area contributed by atoms with Crippen molar-refractivity contribution in [3.63, 3.8) is 0 Å². The molecule has 0 aromatic carbocycles. The van der Waals surface area contributed by atoms with Gasteiger partial charge in [0.15, 0.2) is 0 Å². The van der Waals surface area contributed by atoms with E-state index in [9.17, 15) is 4.79 Å². The summed E-state index contributed by atoms with van der Waals surface area (Å²) in [5, 5.41) is 0. The average Bonchev–Trinajstić information content (AvgIpc) is 2.58. The number of carbonyl (C=O) groups is 1. The number of hydrogen-bond donors (Lipinski definition) is 0. The van der Waals surface area contributed by atoms with Gasteiger partial charge in [-0.3, -0.25) is 4.79 Å². The lowest BCUT2D eigenvalue weighted by atomic mass is 9.89. The fraction of sp³-hybridized carbons (Fsp3) is 0.900. The van der Waals surface area contributed by atoms with Gasteiger partial charge in [-0.2, -0.15) is 0 Å². The first kappa shape index (κ1) is 8.09. The van der Waals surface area contributed by atoms with E-state index in [1.807, 2.05) is 0 Å². The van der Waals surface area contributed by atoms with Crippen LogP contribution in [0, 0.1) is 17.8 Å². The molecular formula is C10H16O2. The topological polar surface area (TPSA) is 26.3 Å². The molecule has 1 heterocycles. The second-order valence-corrected chi connectivity index (χ2v) is 4.04. The molecule has 68 valence electrons. The lowest BCUT2D eigenvalue weighted by Crippen LogP contribution is -2.17. The molecule has 1 aliphatic heterocycles. The molecule has 2 aliphatic rings. The van der Waals surface area contributed by atoms with Gasteiger partial charge >= 0.3 is 5.97 Å². The molecule has 2 nitrogen and oxygen atoms in total. The van der Waals surface area contributed by atoms with Crippen LogP contribution in [0.25, 0.3) is 0 Å². The molecule has 0 N–H and O–H groups in total. The molecule has 2 fully saturated rings. The molecule has 2 heteroatoms. The highest BCUT2D eigenvalue weighted by atomic mass is 16.5. The van der Waals surface area contributed by atoms with E-state index < -0.39 is 0 Å². The standard InChI is InChI=1S/C10H16O2/c1-2-3-7-4-5-8-6-12-10(11)9(7)8/h7-9H,2-6H2,1H3. The maximum atomic E-state index is 11.3. The average molecular weight is 168 g/mol. The van der Waals surface area contributed by atoms with Gasteiger partial charge in [-0.15, -0.1) is 0 Å². The molecule has 1 saturated heterocycles. The molecule has 0 aromatic heterocycles. The summed E-state index contributed by atoms with van der Waals surface area (Å²) in [6.07, 6.45) is 4.86. The molecular weight excluding hydrogens is 152 g/mol. The van der Waals surface area contributed by atoms with Crippen LogP contribution in [-0.4, -0.2) is 12.6 Å². The fourth-order valence-electron chi connectivity index (χ4n) is 2.72. The molecule has 0 aromatic rings. The maximum Gasteiger partial charge on any atom is 0.309 e. The number of ether oxygens (including phenoxy) is 1. The summed E-state index contributed by atoms with van der Waals surface area (Å²) in [5.41, 5.74) is 0. The predicted octanol–water partition coefficient (Wildman–Crippen LogP) is 1.99. The first-order valence-corrected chi connectivity index (χ1v) is 4.99. The van der Waals surface area contributed by atoms with Crippen LogP contribution in [0.1, 0.15) is 32.6 Å². The summed E-state index contributed by atoms with van der Waals surface area (Å²) in [6, 6.07) is 0. The molecule has 0 radical (unpaired) electrons. The lowest BCUT2D eigenvalue weighted by molar-refractivity contribution is -0.142. The number of fused-ring (bicyclic) bond motifs is 1. The van der Waals surface area contributed by atoms with Crippen LogP contribution in [0.2, 0.25) is 0 Å². The van der Waals surface area contributed by atoms with Crippen LogP contribution in [0.3, 0.4) is 0 Å². The van der Waals surface area contributed by atoms with Crippen LogP contribution in [0.5, 0.6) is 0 Å². The summed E-state index contributed by atoms with van der Waals surface area (Å²) >= 11 is 0. The van der Waals surface area contributed by atoms with Crippen LogP contribution in [0.4, 0.5) is 0 Å². The second-order valence-electron chi connectivity index (χ2n) is 4.04. The molecule has 3 unspecified atom stereocenters. The van der Waals surface area contributed by atoms with Crippen molar-refractivity contribution in [1.29, 1.82) is 0 Å². The fourth-order valence-corrected chi connectivity index (χ4v) is 2.72. The maximum absolute atomic E-state index is 11.3. The molecule has 1 aliphatic carbocycles. The summed E-state index contributed by atoms with van der Waals surface area (Å²) in [4.78, 5) is 11.3. The van der Waals surface area contributed by atoms with Crippen LogP contribution in [-0.2, 0) is 9.53 Å². The van der Waals surface area contributed by atoms with Gasteiger partial charge in [-0.05, 0) is 25.2 Å². The normalized spacial score (nSPS) is 39.8. The smallest absolute Gasteiger partial charge is 0.309 e. The highest BCUT2D eigenvalue weighted by Gasteiger charge is 2.45. The highest BCUT2D eigenvalue weighted by Crippen LogP contribution is 2.43. The Bertz CT molecular complexity index is 186. The Labute approximate surface area is 73.3 Å². The van der Waals surface area contributed by atoms with Crippen molar-refractivity contribution in [2.45, 2.75) is 32.6 Å². The van der Waals surface area contributed by atoms with Crippen molar-refractivity contribution in [3.05, 3.63) is 0 Å². The zero-order chi connectivity index (χ0) is 8.55. The molecule has 0 spiro atoms. The monoisotopic (exact) mass is 168 g/mol. The minimum absolute atomic E-state index is 0.0796. The highest BCUT2D eigenvalue weighted by molar-refractivity contribution is 5.75. The minimum atomic E-state index is 0.0796. The summed E-state index contributed by atoms with van der Waals surface area (Å²) in [6.45, 7) is 2.89. The molecule has 2 rings (SSSR count). The zero-order valence-electron chi connectivity index (χ0n) is 7.58. The van der Waals surface area contributed by atoms with Crippen molar-refractivity contribution < 1.29 is 9.53 Å². The predicted molar refractivity (Wildman–Crippen MR) is 45.6 cm³/mol. The Kier molecular flexibility index (Phi) is 2.07. The molecule has 3 atom stereocenters. The van der Waals surface area contributed by atoms with E-state index in [1.54, 1.807) is 0 Å². The van der Waals surface area contributed by atoms with Gasteiger partial charge in [0, 0.05) is 5.92 Å². The Morgan fingerprint density at radius 2 is 2.33 bits per heavy atom. The largest absolute Gasteiger partial charge is 0.465 e. The third-order valence-electron chi connectivity index (χ3n) is 3.30. The minimum Gasteiger partial charge on any atom is -0.465 e. The number of cyclic esters (lactones) is 1. The van der Waals surface area contributed by atoms with Crippen molar-refractivity contribution in [2.75, 3.05) is 6.61 Å². The van der Waals surface area contributed by atoms with Gasteiger partial charge < -0.3 is 4.74 Å². The SMILES string of the molecule is CCCC1CCC2COC(=O)C12. The molecule has 12 heavy (non-hydrogen) atoms. The van der Waals surface area contributed by atoms with Gasteiger partial charge in [0.2, 0.25) is 0 Å². The van der Waals surface area contributed by atoms with Crippen LogP contribution >= 0.6 is 0 Å².